The Morgan fingerprint density at radius 1 is 1.35 bits per heavy atom. The van der Waals surface area contributed by atoms with Gasteiger partial charge in [0.05, 0.1) is 23.9 Å². The lowest BCUT2D eigenvalue weighted by atomic mass is 10.2. The first-order chi connectivity index (χ1) is 12.5. The van der Waals surface area contributed by atoms with E-state index in [9.17, 15) is 9.59 Å². The minimum Gasteiger partial charge on any atom is -0.495 e. The van der Waals surface area contributed by atoms with Gasteiger partial charge in [-0.1, -0.05) is 24.2 Å². The Hall–Kier alpha value is -3.16. The second kappa shape index (κ2) is 6.99. The van der Waals surface area contributed by atoms with Crippen molar-refractivity contribution in [2.75, 3.05) is 12.4 Å². The van der Waals surface area contributed by atoms with Crippen molar-refractivity contribution >= 4 is 22.5 Å². The van der Waals surface area contributed by atoms with Gasteiger partial charge in [0.1, 0.15) is 17.6 Å². The van der Waals surface area contributed by atoms with Gasteiger partial charge in [-0.15, -0.1) is 0 Å². The molecule has 2 aromatic heterocycles. The molecule has 136 valence electrons. The van der Waals surface area contributed by atoms with E-state index in [1.54, 1.807) is 32.0 Å². The largest absolute Gasteiger partial charge is 0.495 e. The summed E-state index contributed by atoms with van der Waals surface area (Å²) in [6, 6.07) is 6.29. The molecule has 0 aliphatic heterocycles. The quantitative estimate of drug-likeness (QED) is 0.754. The van der Waals surface area contributed by atoms with Gasteiger partial charge in [0.25, 0.3) is 5.56 Å². The zero-order chi connectivity index (χ0) is 18.8. The minimum absolute atomic E-state index is 0.179. The van der Waals surface area contributed by atoms with Crippen LogP contribution in [0.15, 0.2) is 33.6 Å². The molecule has 8 heteroatoms. The summed E-state index contributed by atoms with van der Waals surface area (Å²) in [5.41, 5.74) is 0.839. The molecule has 1 amide bonds. The van der Waals surface area contributed by atoms with E-state index in [-0.39, 0.29) is 11.4 Å². The monoisotopic (exact) mass is 356 g/mol. The van der Waals surface area contributed by atoms with Crippen molar-refractivity contribution in [2.24, 2.45) is 0 Å². The van der Waals surface area contributed by atoms with Gasteiger partial charge in [-0.25, -0.2) is 4.68 Å². The molecule has 0 aliphatic rings. The van der Waals surface area contributed by atoms with Gasteiger partial charge >= 0.3 is 0 Å². The summed E-state index contributed by atoms with van der Waals surface area (Å²) in [5.74, 6) is 0.709. The molecule has 0 bridgehead atoms. The second-order valence-electron chi connectivity index (χ2n) is 5.91. The molecule has 0 spiro atoms. The maximum atomic E-state index is 12.8. The normalized spacial score (nSPS) is 12.2. The molecule has 3 aromatic rings. The number of para-hydroxylation sites is 2. The summed E-state index contributed by atoms with van der Waals surface area (Å²) in [7, 11) is 1.53. The first-order valence-electron chi connectivity index (χ1n) is 8.27. The number of hydrogen-bond donors (Lipinski definition) is 1. The molecule has 1 unspecified atom stereocenters. The Morgan fingerprint density at radius 2 is 2.08 bits per heavy atom. The fourth-order valence-electron chi connectivity index (χ4n) is 2.95. The van der Waals surface area contributed by atoms with Crippen LogP contribution in [-0.4, -0.2) is 28.0 Å². The molecule has 1 atom stereocenters. The molecule has 0 saturated heterocycles. The van der Waals surface area contributed by atoms with Crippen LogP contribution in [0.1, 0.15) is 30.8 Å². The van der Waals surface area contributed by atoms with Crippen molar-refractivity contribution in [1.82, 2.24) is 14.9 Å². The number of aryl methyl sites for hydroxylation is 2. The standard InChI is InChI=1S/C18H20N4O4/c1-5-13(17(23)19-12-8-6-7-9-14(12)25-4)22-18(24)16-15(10(2)20-22)11(3)26-21-16/h6-9,13H,5H2,1-4H3,(H,19,23). The zero-order valence-electron chi connectivity index (χ0n) is 15.1. The molecule has 8 nitrogen and oxygen atoms in total. The number of amides is 1. The molecule has 0 aliphatic carbocycles. The number of aromatic nitrogens is 3. The van der Waals surface area contributed by atoms with Crippen molar-refractivity contribution in [3.8, 4) is 5.75 Å². The van der Waals surface area contributed by atoms with Crippen LogP contribution in [0.25, 0.3) is 10.9 Å². The maximum absolute atomic E-state index is 12.8. The number of benzene rings is 1. The topological polar surface area (TPSA) is 99.2 Å². The van der Waals surface area contributed by atoms with Crippen LogP contribution in [0.2, 0.25) is 0 Å². The molecule has 2 heterocycles. The number of hydrogen-bond acceptors (Lipinski definition) is 6. The van der Waals surface area contributed by atoms with Crippen molar-refractivity contribution in [3.05, 3.63) is 46.1 Å². The van der Waals surface area contributed by atoms with Crippen LogP contribution in [0.4, 0.5) is 5.69 Å². The van der Waals surface area contributed by atoms with E-state index < -0.39 is 11.6 Å². The van der Waals surface area contributed by atoms with Crippen molar-refractivity contribution in [2.45, 2.75) is 33.2 Å². The number of fused-ring (bicyclic) bond motifs is 1. The number of nitrogens with zero attached hydrogens (tertiary/aromatic N) is 3. The van der Waals surface area contributed by atoms with E-state index >= 15 is 0 Å². The number of ether oxygens (including phenoxy) is 1. The molecule has 1 N–H and O–H groups in total. The Balaban J connectivity index is 2.01. The van der Waals surface area contributed by atoms with E-state index in [1.165, 1.54) is 11.8 Å². The third kappa shape index (κ3) is 2.94. The number of nitrogens with one attached hydrogen (secondary N) is 1. The molecule has 1 aromatic carbocycles. The third-order valence-electron chi connectivity index (χ3n) is 4.24. The summed E-state index contributed by atoms with van der Waals surface area (Å²) in [5, 5.41) is 11.5. The average Bonchev–Trinajstić information content (AvgIpc) is 3.03. The van der Waals surface area contributed by atoms with Gasteiger partial charge in [0.2, 0.25) is 5.91 Å². The Bertz CT molecular complexity index is 1020. The summed E-state index contributed by atoms with van der Waals surface area (Å²) in [6.07, 6.45) is 0.385. The van der Waals surface area contributed by atoms with Crippen molar-refractivity contribution in [3.63, 3.8) is 0 Å². The van der Waals surface area contributed by atoms with Crippen LogP contribution in [0.5, 0.6) is 5.75 Å². The van der Waals surface area contributed by atoms with Gasteiger partial charge in [-0.3, -0.25) is 9.59 Å². The summed E-state index contributed by atoms with van der Waals surface area (Å²) >= 11 is 0. The first kappa shape index (κ1) is 17.7. The number of methoxy groups -OCH3 is 1. The number of anilines is 1. The lowest BCUT2D eigenvalue weighted by molar-refractivity contribution is -0.119. The maximum Gasteiger partial charge on any atom is 0.297 e. The van der Waals surface area contributed by atoms with Crippen LogP contribution in [0, 0.1) is 13.8 Å². The number of carbonyl (C=O) groups excluding carboxylic acids is 1. The van der Waals surface area contributed by atoms with E-state index in [0.717, 1.165) is 0 Å². The third-order valence-corrected chi connectivity index (χ3v) is 4.24. The molecule has 0 saturated carbocycles. The SMILES string of the molecule is CCC(C(=O)Nc1ccccc1OC)n1nc(C)c2c(C)onc2c1=O. The van der Waals surface area contributed by atoms with Crippen LogP contribution in [0.3, 0.4) is 0 Å². The minimum atomic E-state index is -0.785. The van der Waals surface area contributed by atoms with Gasteiger partial charge in [-0.2, -0.15) is 5.10 Å². The van der Waals surface area contributed by atoms with E-state index in [4.69, 9.17) is 9.26 Å². The fraction of sp³-hybridized carbons (Fsp3) is 0.333. The second-order valence-corrected chi connectivity index (χ2v) is 5.91. The highest BCUT2D eigenvalue weighted by molar-refractivity contribution is 5.95. The van der Waals surface area contributed by atoms with Crippen molar-refractivity contribution < 1.29 is 14.1 Å². The van der Waals surface area contributed by atoms with Gasteiger partial charge < -0.3 is 14.6 Å². The van der Waals surface area contributed by atoms with Gasteiger partial charge in [0.15, 0.2) is 5.52 Å². The average molecular weight is 356 g/mol. The Kier molecular flexibility index (Phi) is 4.75. The molecular weight excluding hydrogens is 336 g/mol. The molecule has 26 heavy (non-hydrogen) atoms. The lowest BCUT2D eigenvalue weighted by Gasteiger charge is -2.18. The van der Waals surface area contributed by atoms with E-state index in [2.05, 4.69) is 15.6 Å². The number of rotatable bonds is 5. The predicted molar refractivity (Wildman–Crippen MR) is 96.5 cm³/mol. The predicted octanol–water partition coefficient (Wildman–Crippen LogP) is 2.60. The molecular formula is C18H20N4O4. The van der Waals surface area contributed by atoms with E-state index in [1.807, 2.05) is 13.0 Å². The highest BCUT2D eigenvalue weighted by Gasteiger charge is 2.25. The van der Waals surface area contributed by atoms with Crippen LogP contribution in [-0.2, 0) is 4.79 Å². The Labute approximate surface area is 149 Å². The van der Waals surface area contributed by atoms with Crippen LogP contribution < -0.4 is 15.6 Å². The summed E-state index contributed by atoms with van der Waals surface area (Å²) < 4.78 is 11.5. The molecule has 0 fully saturated rings. The molecule has 0 radical (unpaired) electrons. The highest BCUT2D eigenvalue weighted by atomic mass is 16.5. The van der Waals surface area contributed by atoms with E-state index in [0.29, 0.717) is 34.7 Å². The van der Waals surface area contributed by atoms with Gasteiger partial charge in [-0.05, 0) is 32.4 Å². The molecule has 3 rings (SSSR count). The fourth-order valence-corrected chi connectivity index (χ4v) is 2.95. The smallest absolute Gasteiger partial charge is 0.297 e. The summed E-state index contributed by atoms with van der Waals surface area (Å²) in [4.78, 5) is 25.6. The Morgan fingerprint density at radius 3 is 2.77 bits per heavy atom. The van der Waals surface area contributed by atoms with Crippen LogP contribution >= 0.6 is 0 Å². The summed E-state index contributed by atoms with van der Waals surface area (Å²) in [6.45, 7) is 5.29. The lowest BCUT2D eigenvalue weighted by Crippen LogP contribution is -2.35. The highest BCUT2D eigenvalue weighted by Crippen LogP contribution is 2.25. The van der Waals surface area contributed by atoms with Crippen molar-refractivity contribution in [1.29, 1.82) is 0 Å². The van der Waals surface area contributed by atoms with Gasteiger partial charge in [0, 0.05) is 0 Å². The number of carbonyl (C=O) groups is 1. The zero-order valence-corrected chi connectivity index (χ0v) is 15.1. The first-order valence-corrected chi connectivity index (χ1v) is 8.27.